The van der Waals surface area contributed by atoms with Gasteiger partial charge >= 0.3 is 0 Å². The Bertz CT molecular complexity index is 434. The predicted molar refractivity (Wildman–Crippen MR) is 49.5 cm³/mol. The van der Waals surface area contributed by atoms with Crippen LogP contribution in [0.25, 0.3) is 11.5 Å². The molecule has 1 saturated carbocycles. The van der Waals surface area contributed by atoms with Crippen molar-refractivity contribution in [2.24, 2.45) is 0 Å². The summed E-state index contributed by atoms with van der Waals surface area (Å²) < 4.78 is 5.20. The molecule has 4 heteroatoms. The first-order chi connectivity index (χ1) is 6.93. The first-order valence-electron chi connectivity index (χ1n) is 4.66. The summed E-state index contributed by atoms with van der Waals surface area (Å²) in [5, 5.41) is 4.01. The zero-order valence-corrected chi connectivity index (χ0v) is 7.55. The van der Waals surface area contributed by atoms with E-state index in [1.54, 1.807) is 18.6 Å². The first-order valence-corrected chi connectivity index (χ1v) is 4.66. The van der Waals surface area contributed by atoms with Crippen LogP contribution >= 0.6 is 0 Å². The number of hydrogen-bond donors (Lipinski definition) is 0. The Morgan fingerprint density at radius 3 is 2.93 bits per heavy atom. The van der Waals surface area contributed by atoms with Crippen LogP contribution in [0.1, 0.15) is 24.5 Å². The van der Waals surface area contributed by atoms with Crippen molar-refractivity contribution in [2.75, 3.05) is 0 Å². The van der Waals surface area contributed by atoms with Crippen LogP contribution in [0, 0.1) is 0 Å². The van der Waals surface area contributed by atoms with Gasteiger partial charge in [-0.25, -0.2) is 4.98 Å². The van der Waals surface area contributed by atoms with Crippen LogP contribution in [-0.2, 0) is 0 Å². The summed E-state index contributed by atoms with van der Waals surface area (Å²) in [4.78, 5) is 8.13. The molecule has 1 fully saturated rings. The highest BCUT2D eigenvalue weighted by Crippen LogP contribution is 2.40. The molecule has 0 spiro atoms. The van der Waals surface area contributed by atoms with Crippen molar-refractivity contribution in [1.82, 2.24) is 15.1 Å². The molecular weight excluding hydrogens is 178 g/mol. The molecule has 1 aliphatic carbocycles. The second-order valence-corrected chi connectivity index (χ2v) is 3.48. The van der Waals surface area contributed by atoms with Gasteiger partial charge in [0, 0.05) is 24.4 Å². The molecule has 2 aromatic rings. The molecule has 1 aliphatic rings. The van der Waals surface area contributed by atoms with E-state index in [0.717, 1.165) is 11.4 Å². The normalized spacial score (nSPS) is 15.7. The largest absolute Gasteiger partial charge is 0.354 e. The second kappa shape index (κ2) is 2.90. The van der Waals surface area contributed by atoms with Crippen molar-refractivity contribution in [3.8, 4) is 11.5 Å². The van der Waals surface area contributed by atoms with Crippen LogP contribution in [-0.4, -0.2) is 15.1 Å². The molecule has 0 aromatic carbocycles. The zero-order chi connectivity index (χ0) is 9.38. The van der Waals surface area contributed by atoms with Gasteiger partial charge in [0.05, 0.1) is 11.9 Å². The molecule has 0 N–H and O–H groups in total. The number of aromatic nitrogens is 3. The van der Waals surface area contributed by atoms with Crippen molar-refractivity contribution in [1.29, 1.82) is 0 Å². The fourth-order valence-corrected chi connectivity index (χ4v) is 1.41. The number of rotatable bonds is 2. The molecular formula is C10H9N3O. The zero-order valence-electron chi connectivity index (χ0n) is 7.55. The van der Waals surface area contributed by atoms with E-state index in [1.165, 1.54) is 12.8 Å². The van der Waals surface area contributed by atoms with Crippen molar-refractivity contribution >= 4 is 0 Å². The van der Waals surface area contributed by atoms with E-state index in [1.807, 2.05) is 6.07 Å². The molecule has 0 amide bonds. The molecule has 0 saturated heterocycles. The Balaban J connectivity index is 1.96. The van der Waals surface area contributed by atoms with Gasteiger partial charge in [-0.1, -0.05) is 5.16 Å². The molecule has 0 aliphatic heterocycles. The standard InChI is InChI=1S/C10H9N3O/c1-2-7(1)8-5-10(14-13-8)9-6-11-3-4-12-9/h3-7H,1-2H2. The van der Waals surface area contributed by atoms with Crippen LogP contribution in [0.4, 0.5) is 0 Å². The highest BCUT2D eigenvalue weighted by atomic mass is 16.5. The maximum absolute atomic E-state index is 5.20. The van der Waals surface area contributed by atoms with E-state index < -0.39 is 0 Å². The second-order valence-electron chi connectivity index (χ2n) is 3.48. The third-order valence-corrected chi connectivity index (χ3v) is 2.34. The lowest BCUT2D eigenvalue weighted by atomic mass is 10.2. The molecule has 0 unspecified atom stereocenters. The lowest BCUT2D eigenvalue weighted by Gasteiger charge is -1.89. The van der Waals surface area contributed by atoms with Gasteiger partial charge in [-0.15, -0.1) is 0 Å². The third-order valence-electron chi connectivity index (χ3n) is 2.34. The van der Waals surface area contributed by atoms with Gasteiger partial charge in [-0.3, -0.25) is 4.98 Å². The minimum atomic E-state index is 0.615. The Morgan fingerprint density at radius 1 is 1.29 bits per heavy atom. The molecule has 0 bridgehead atoms. The summed E-state index contributed by atoms with van der Waals surface area (Å²) in [5.41, 5.74) is 1.79. The monoisotopic (exact) mass is 187 g/mol. The molecule has 3 rings (SSSR count). The van der Waals surface area contributed by atoms with Crippen molar-refractivity contribution in [2.45, 2.75) is 18.8 Å². The number of nitrogens with zero attached hydrogens (tertiary/aromatic N) is 3. The molecule has 14 heavy (non-hydrogen) atoms. The van der Waals surface area contributed by atoms with Crippen LogP contribution < -0.4 is 0 Å². The fraction of sp³-hybridized carbons (Fsp3) is 0.300. The Morgan fingerprint density at radius 2 is 2.21 bits per heavy atom. The van der Waals surface area contributed by atoms with Crippen molar-refractivity contribution < 1.29 is 4.52 Å². The summed E-state index contributed by atoms with van der Waals surface area (Å²) >= 11 is 0. The van der Waals surface area contributed by atoms with E-state index >= 15 is 0 Å². The van der Waals surface area contributed by atoms with E-state index in [-0.39, 0.29) is 0 Å². The first kappa shape index (κ1) is 7.67. The van der Waals surface area contributed by atoms with Gasteiger partial charge in [0.25, 0.3) is 0 Å². The lowest BCUT2D eigenvalue weighted by molar-refractivity contribution is 0.422. The van der Waals surface area contributed by atoms with Gasteiger partial charge in [0.2, 0.25) is 0 Å². The van der Waals surface area contributed by atoms with Gasteiger partial charge in [0.15, 0.2) is 5.76 Å². The van der Waals surface area contributed by atoms with Gasteiger partial charge in [-0.05, 0) is 12.8 Å². The third kappa shape index (κ3) is 1.28. The smallest absolute Gasteiger partial charge is 0.187 e. The highest BCUT2D eigenvalue weighted by Gasteiger charge is 2.27. The van der Waals surface area contributed by atoms with Crippen LogP contribution in [0.2, 0.25) is 0 Å². The SMILES string of the molecule is c1cnc(-c2cc(C3CC3)no2)cn1. The van der Waals surface area contributed by atoms with Crippen molar-refractivity contribution in [3.05, 3.63) is 30.4 Å². The predicted octanol–water partition coefficient (Wildman–Crippen LogP) is 2.01. The quantitative estimate of drug-likeness (QED) is 0.721. The Kier molecular flexibility index (Phi) is 1.59. The molecule has 2 heterocycles. The molecule has 2 aromatic heterocycles. The summed E-state index contributed by atoms with van der Waals surface area (Å²) in [7, 11) is 0. The van der Waals surface area contributed by atoms with Crippen LogP contribution in [0.5, 0.6) is 0 Å². The fourth-order valence-electron chi connectivity index (χ4n) is 1.41. The Labute approximate surface area is 81.0 Å². The van der Waals surface area contributed by atoms with Gasteiger partial charge in [0.1, 0.15) is 5.69 Å². The molecule has 0 radical (unpaired) electrons. The van der Waals surface area contributed by atoms with E-state index in [9.17, 15) is 0 Å². The summed E-state index contributed by atoms with van der Waals surface area (Å²) in [6.07, 6.45) is 7.42. The Hall–Kier alpha value is -1.71. The van der Waals surface area contributed by atoms with E-state index in [0.29, 0.717) is 11.7 Å². The van der Waals surface area contributed by atoms with Crippen LogP contribution in [0.15, 0.2) is 29.2 Å². The molecule has 0 atom stereocenters. The van der Waals surface area contributed by atoms with Crippen molar-refractivity contribution in [3.63, 3.8) is 0 Å². The lowest BCUT2D eigenvalue weighted by Crippen LogP contribution is -1.80. The summed E-state index contributed by atoms with van der Waals surface area (Å²) in [6.45, 7) is 0. The topological polar surface area (TPSA) is 51.8 Å². The molecule has 70 valence electrons. The average Bonchev–Trinajstić information content (AvgIpc) is 2.98. The van der Waals surface area contributed by atoms with E-state index in [4.69, 9.17) is 4.52 Å². The van der Waals surface area contributed by atoms with Gasteiger partial charge < -0.3 is 4.52 Å². The minimum absolute atomic E-state index is 0.615. The average molecular weight is 187 g/mol. The maximum atomic E-state index is 5.20. The summed E-state index contributed by atoms with van der Waals surface area (Å²) in [5.74, 6) is 1.32. The van der Waals surface area contributed by atoms with E-state index in [2.05, 4.69) is 15.1 Å². The molecule has 4 nitrogen and oxygen atoms in total. The maximum Gasteiger partial charge on any atom is 0.187 e. The number of hydrogen-bond acceptors (Lipinski definition) is 4. The highest BCUT2D eigenvalue weighted by molar-refractivity contribution is 5.50. The minimum Gasteiger partial charge on any atom is -0.354 e. The summed E-state index contributed by atoms with van der Waals surface area (Å²) in [6, 6.07) is 1.96. The van der Waals surface area contributed by atoms with Gasteiger partial charge in [-0.2, -0.15) is 0 Å². The van der Waals surface area contributed by atoms with Crippen LogP contribution in [0.3, 0.4) is 0 Å².